The Morgan fingerprint density at radius 2 is 2.14 bits per heavy atom. The molecule has 1 N–H and O–H groups in total. The largest absolute Gasteiger partial charge is 0.444 e. The van der Waals surface area contributed by atoms with Crippen LogP contribution in [0, 0.1) is 18.3 Å². The van der Waals surface area contributed by atoms with Crippen LogP contribution < -0.4 is 0 Å². The molecule has 1 aliphatic carbocycles. The Hall–Kier alpha value is -1.52. The van der Waals surface area contributed by atoms with Crippen LogP contribution in [-0.2, 0) is 11.2 Å². The summed E-state index contributed by atoms with van der Waals surface area (Å²) in [5.74, 6) is 0.738. The number of rotatable bonds is 2. The zero-order chi connectivity index (χ0) is 15.3. The molecular formula is C16H25N3O2. The first-order valence-electron chi connectivity index (χ1n) is 7.74. The summed E-state index contributed by atoms with van der Waals surface area (Å²) in [6.45, 7) is 9.51. The van der Waals surface area contributed by atoms with Crippen molar-refractivity contribution in [3.8, 4) is 0 Å². The van der Waals surface area contributed by atoms with Gasteiger partial charge in [-0.15, -0.1) is 0 Å². The van der Waals surface area contributed by atoms with Crippen molar-refractivity contribution in [2.45, 2.75) is 52.6 Å². The normalized spacial score (nSPS) is 21.0. The number of aromatic amines is 1. The van der Waals surface area contributed by atoms with Gasteiger partial charge in [-0.25, -0.2) is 4.79 Å². The highest BCUT2D eigenvalue weighted by Gasteiger charge is 2.54. The SMILES string of the molecule is Cc1n[nH]cc1CC1CC2(C1)CN(C(=O)OC(C)(C)C)C2. The maximum atomic E-state index is 11.9. The van der Waals surface area contributed by atoms with Gasteiger partial charge in [0.05, 0.1) is 5.69 Å². The number of carbonyl (C=O) groups is 1. The number of hydrogen-bond donors (Lipinski definition) is 1. The first kappa shape index (κ1) is 14.4. The van der Waals surface area contributed by atoms with Crippen molar-refractivity contribution in [2.75, 3.05) is 13.1 Å². The summed E-state index contributed by atoms with van der Waals surface area (Å²) >= 11 is 0. The predicted molar refractivity (Wildman–Crippen MR) is 80.0 cm³/mol. The monoisotopic (exact) mass is 291 g/mol. The van der Waals surface area contributed by atoms with Gasteiger partial charge in [0.15, 0.2) is 0 Å². The third-order valence-corrected chi connectivity index (χ3v) is 4.59. The molecule has 0 unspecified atom stereocenters. The predicted octanol–water partition coefficient (Wildman–Crippen LogP) is 2.91. The second-order valence-corrected chi connectivity index (χ2v) is 7.81. The number of aromatic nitrogens is 2. The molecule has 0 aromatic carbocycles. The zero-order valence-electron chi connectivity index (χ0n) is 13.4. The topological polar surface area (TPSA) is 58.2 Å². The number of likely N-dealkylation sites (tertiary alicyclic amines) is 1. The van der Waals surface area contributed by atoms with Crippen LogP contribution in [0.1, 0.15) is 44.9 Å². The van der Waals surface area contributed by atoms with Crippen molar-refractivity contribution < 1.29 is 9.53 Å². The minimum Gasteiger partial charge on any atom is -0.444 e. The molecule has 2 fully saturated rings. The minimum atomic E-state index is -0.402. The number of carbonyl (C=O) groups excluding carboxylic acids is 1. The zero-order valence-corrected chi connectivity index (χ0v) is 13.4. The van der Waals surface area contributed by atoms with E-state index in [2.05, 4.69) is 10.2 Å². The van der Waals surface area contributed by atoms with Crippen molar-refractivity contribution >= 4 is 6.09 Å². The number of nitrogens with zero attached hydrogens (tertiary/aromatic N) is 2. The van der Waals surface area contributed by atoms with Gasteiger partial charge in [0, 0.05) is 24.7 Å². The van der Waals surface area contributed by atoms with Gasteiger partial charge in [-0.05, 0) is 58.4 Å². The average molecular weight is 291 g/mol. The number of aryl methyl sites for hydroxylation is 1. The molecule has 5 nitrogen and oxygen atoms in total. The van der Waals surface area contributed by atoms with Crippen LogP contribution in [0.2, 0.25) is 0 Å². The van der Waals surface area contributed by atoms with Gasteiger partial charge in [-0.1, -0.05) is 0 Å². The Morgan fingerprint density at radius 1 is 1.48 bits per heavy atom. The first-order valence-corrected chi connectivity index (χ1v) is 7.74. The summed E-state index contributed by atoms with van der Waals surface area (Å²) in [7, 11) is 0. The van der Waals surface area contributed by atoms with Crippen LogP contribution in [0.25, 0.3) is 0 Å². The van der Waals surface area contributed by atoms with Crippen LogP contribution in [0.4, 0.5) is 4.79 Å². The summed E-state index contributed by atoms with van der Waals surface area (Å²) in [4.78, 5) is 13.8. The summed E-state index contributed by atoms with van der Waals surface area (Å²) < 4.78 is 5.41. The van der Waals surface area contributed by atoms with Gasteiger partial charge < -0.3 is 9.64 Å². The summed E-state index contributed by atoms with van der Waals surface area (Å²) in [5.41, 5.74) is 2.41. The van der Waals surface area contributed by atoms with Crippen LogP contribution in [0.5, 0.6) is 0 Å². The quantitative estimate of drug-likeness (QED) is 0.911. The van der Waals surface area contributed by atoms with Crippen molar-refractivity contribution in [3.05, 3.63) is 17.5 Å². The van der Waals surface area contributed by atoms with E-state index in [1.165, 1.54) is 18.4 Å². The molecule has 0 bridgehead atoms. The van der Waals surface area contributed by atoms with E-state index in [4.69, 9.17) is 4.74 Å². The standard InChI is InChI=1S/C16H25N3O2/c1-11-13(8-17-18-11)5-12-6-16(7-12)9-19(10-16)14(20)21-15(2,3)4/h8,12H,5-7,9-10H2,1-4H3,(H,17,18). The molecule has 3 rings (SSSR count). The molecule has 0 radical (unpaired) electrons. The van der Waals surface area contributed by atoms with Gasteiger partial charge in [-0.2, -0.15) is 5.10 Å². The third kappa shape index (κ3) is 2.92. The van der Waals surface area contributed by atoms with Crippen molar-refractivity contribution in [3.63, 3.8) is 0 Å². The molecule has 1 amide bonds. The van der Waals surface area contributed by atoms with E-state index in [1.54, 1.807) is 0 Å². The van der Waals surface area contributed by atoms with Crippen LogP contribution in [-0.4, -0.2) is 39.9 Å². The van der Waals surface area contributed by atoms with E-state index >= 15 is 0 Å². The molecule has 21 heavy (non-hydrogen) atoms. The maximum absolute atomic E-state index is 11.9. The summed E-state index contributed by atoms with van der Waals surface area (Å²) in [5, 5.41) is 7.10. The lowest BCUT2D eigenvalue weighted by atomic mass is 9.56. The lowest BCUT2D eigenvalue weighted by molar-refractivity contribution is -0.0947. The molecule has 1 saturated carbocycles. The number of H-pyrrole nitrogens is 1. The summed E-state index contributed by atoms with van der Waals surface area (Å²) in [6, 6.07) is 0. The van der Waals surface area contributed by atoms with Gasteiger partial charge in [0.2, 0.25) is 0 Å². The fourth-order valence-electron chi connectivity index (χ4n) is 3.69. The highest BCUT2D eigenvalue weighted by atomic mass is 16.6. The minimum absolute atomic E-state index is 0.165. The fraction of sp³-hybridized carbons (Fsp3) is 0.750. The van der Waals surface area contributed by atoms with Crippen LogP contribution in [0.3, 0.4) is 0 Å². The van der Waals surface area contributed by atoms with E-state index in [-0.39, 0.29) is 6.09 Å². The first-order chi connectivity index (χ1) is 9.76. The lowest BCUT2D eigenvalue weighted by Crippen LogP contribution is -2.64. The Balaban J connectivity index is 1.44. The Bertz CT molecular complexity index is 530. The Morgan fingerprint density at radius 3 is 2.67 bits per heavy atom. The van der Waals surface area contributed by atoms with E-state index in [0.29, 0.717) is 5.41 Å². The van der Waals surface area contributed by atoms with Crippen molar-refractivity contribution in [2.24, 2.45) is 11.3 Å². The molecule has 2 heterocycles. The molecule has 1 spiro atoms. The second kappa shape index (κ2) is 4.75. The highest BCUT2D eigenvalue weighted by molar-refractivity contribution is 5.69. The number of nitrogens with one attached hydrogen (secondary N) is 1. The van der Waals surface area contributed by atoms with E-state index in [1.807, 2.05) is 38.8 Å². The molecule has 116 valence electrons. The van der Waals surface area contributed by atoms with E-state index in [9.17, 15) is 4.79 Å². The molecule has 0 atom stereocenters. The summed E-state index contributed by atoms with van der Waals surface area (Å²) in [6.07, 6.45) is 5.39. The highest BCUT2D eigenvalue weighted by Crippen LogP contribution is 2.53. The van der Waals surface area contributed by atoms with Gasteiger partial charge in [-0.3, -0.25) is 5.10 Å². The second-order valence-electron chi connectivity index (χ2n) is 7.81. The van der Waals surface area contributed by atoms with Crippen LogP contribution in [0.15, 0.2) is 6.20 Å². The molecule has 1 saturated heterocycles. The van der Waals surface area contributed by atoms with Crippen molar-refractivity contribution in [1.82, 2.24) is 15.1 Å². The Kier molecular flexibility index (Phi) is 3.26. The smallest absolute Gasteiger partial charge is 0.410 e. The molecule has 1 aromatic rings. The lowest BCUT2D eigenvalue weighted by Gasteiger charge is -2.58. The maximum Gasteiger partial charge on any atom is 0.410 e. The molecule has 1 aliphatic heterocycles. The molecule has 2 aliphatic rings. The molecule has 1 aromatic heterocycles. The fourth-order valence-corrected chi connectivity index (χ4v) is 3.69. The molecule has 5 heteroatoms. The third-order valence-electron chi connectivity index (χ3n) is 4.59. The number of hydrogen-bond acceptors (Lipinski definition) is 3. The van der Waals surface area contributed by atoms with Crippen molar-refractivity contribution in [1.29, 1.82) is 0 Å². The number of ether oxygens (including phenoxy) is 1. The Labute approximate surface area is 126 Å². The molecular weight excluding hydrogens is 266 g/mol. The van der Waals surface area contributed by atoms with Gasteiger partial charge in [0.1, 0.15) is 5.60 Å². The number of amides is 1. The van der Waals surface area contributed by atoms with Gasteiger partial charge >= 0.3 is 6.09 Å². The van der Waals surface area contributed by atoms with Gasteiger partial charge in [0.25, 0.3) is 0 Å². The van der Waals surface area contributed by atoms with Crippen LogP contribution >= 0.6 is 0 Å². The van der Waals surface area contributed by atoms with E-state index < -0.39 is 5.60 Å². The van der Waals surface area contributed by atoms with E-state index in [0.717, 1.165) is 31.1 Å². The average Bonchev–Trinajstić information content (AvgIpc) is 2.63.